The van der Waals surface area contributed by atoms with E-state index in [0.29, 0.717) is 27.9 Å². The molecule has 1 amide bonds. The van der Waals surface area contributed by atoms with E-state index in [2.05, 4.69) is 5.32 Å². The van der Waals surface area contributed by atoms with Crippen LogP contribution in [0.3, 0.4) is 0 Å². The molecular formula is C15H15ClN2O2S. The van der Waals surface area contributed by atoms with Gasteiger partial charge in [-0.1, -0.05) is 11.6 Å². The van der Waals surface area contributed by atoms with Crippen LogP contribution in [0.4, 0.5) is 11.4 Å². The van der Waals surface area contributed by atoms with Gasteiger partial charge in [-0.25, -0.2) is 0 Å². The Balaban J connectivity index is 1.91. The third-order valence-corrected chi connectivity index (χ3v) is 3.98. The predicted molar refractivity (Wildman–Crippen MR) is 88.2 cm³/mol. The fourth-order valence-electron chi connectivity index (χ4n) is 1.65. The fraction of sp³-hybridized carbons (Fsp3) is 0.133. The van der Waals surface area contributed by atoms with Gasteiger partial charge in [-0.3, -0.25) is 4.79 Å². The predicted octanol–water partition coefficient (Wildman–Crippen LogP) is 3.66. The molecule has 3 N–H and O–H groups in total. The Bertz CT molecular complexity index is 632. The first kappa shape index (κ1) is 15.5. The van der Waals surface area contributed by atoms with Crippen molar-refractivity contribution in [3.8, 4) is 5.75 Å². The molecule has 2 rings (SSSR count). The summed E-state index contributed by atoms with van der Waals surface area (Å²) in [5, 5.41) is 3.45. The Morgan fingerprint density at radius 2 is 2.00 bits per heavy atom. The maximum atomic E-state index is 11.9. The molecule has 0 atom stereocenters. The maximum absolute atomic E-state index is 11.9. The highest BCUT2D eigenvalue weighted by atomic mass is 35.5. The second-order valence-corrected chi connectivity index (χ2v) is 5.73. The number of carbonyl (C=O) groups is 1. The summed E-state index contributed by atoms with van der Waals surface area (Å²) in [6, 6.07) is 12.5. The topological polar surface area (TPSA) is 64.3 Å². The van der Waals surface area contributed by atoms with Gasteiger partial charge in [-0.15, -0.1) is 11.8 Å². The molecule has 0 unspecified atom stereocenters. The van der Waals surface area contributed by atoms with Gasteiger partial charge in [-0.05, 0) is 36.4 Å². The zero-order chi connectivity index (χ0) is 15.2. The lowest BCUT2D eigenvalue weighted by molar-refractivity contribution is -0.113. The number of nitrogens with two attached hydrogens (primary N) is 1. The second kappa shape index (κ2) is 7.24. The van der Waals surface area contributed by atoms with Crippen LogP contribution in [0.5, 0.6) is 5.75 Å². The number of rotatable bonds is 5. The first-order valence-electron chi connectivity index (χ1n) is 6.20. The van der Waals surface area contributed by atoms with Gasteiger partial charge in [-0.2, -0.15) is 0 Å². The number of carbonyl (C=O) groups excluding carboxylic acids is 1. The van der Waals surface area contributed by atoms with E-state index in [1.165, 1.54) is 11.8 Å². The highest BCUT2D eigenvalue weighted by Crippen LogP contribution is 2.25. The molecule has 0 aliphatic carbocycles. The molecule has 0 aliphatic rings. The van der Waals surface area contributed by atoms with Crippen LogP contribution < -0.4 is 15.8 Å². The van der Waals surface area contributed by atoms with E-state index in [9.17, 15) is 4.79 Å². The number of nitrogens with one attached hydrogen (secondary N) is 1. The van der Waals surface area contributed by atoms with Gasteiger partial charge < -0.3 is 15.8 Å². The lowest BCUT2D eigenvalue weighted by Crippen LogP contribution is -2.15. The maximum Gasteiger partial charge on any atom is 0.234 e. The number of halogens is 1. The van der Waals surface area contributed by atoms with Crippen LogP contribution in [0, 0.1) is 0 Å². The Labute approximate surface area is 132 Å². The van der Waals surface area contributed by atoms with Gasteiger partial charge in [0.05, 0.1) is 24.2 Å². The quantitative estimate of drug-likeness (QED) is 0.651. The van der Waals surface area contributed by atoms with Crippen molar-refractivity contribution < 1.29 is 9.53 Å². The zero-order valence-electron chi connectivity index (χ0n) is 11.4. The number of benzene rings is 2. The van der Waals surface area contributed by atoms with Gasteiger partial charge in [0.25, 0.3) is 0 Å². The normalized spacial score (nSPS) is 10.2. The summed E-state index contributed by atoms with van der Waals surface area (Å²) in [7, 11) is 1.57. The van der Waals surface area contributed by atoms with Crippen LogP contribution >= 0.6 is 23.4 Å². The number of nitrogen functional groups attached to an aromatic ring is 1. The van der Waals surface area contributed by atoms with E-state index in [4.69, 9.17) is 22.1 Å². The average Bonchev–Trinajstić information content (AvgIpc) is 2.48. The number of methoxy groups -OCH3 is 1. The summed E-state index contributed by atoms with van der Waals surface area (Å²) in [4.78, 5) is 12.9. The molecule has 110 valence electrons. The van der Waals surface area contributed by atoms with E-state index >= 15 is 0 Å². The van der Waals surface area contributed by atoms with Crippen molar-refractivity contribution in [1.29, 1.82) is 0 Å². The second-order valence-electron chi connectivity index (χ2n) is 4.24. The minimum atomic E-state index is -0.119. The number of hydrogen-bond donors (Lipinski definition) is 2. The van der Waals surface area contributed by atoms with Crippen molar-refractivity contribution in [3.05, 3.63) is 47.5 Å². The van der Waals surface area contributed by atoms with Crippen LogP contribution in [0.15, 0.2) is 47.4 Å². The molecule has 0 saturated heterocycles. The van der Waals surface area contributed by atoms with Crippen molar-refractivity contribution in [1.82, 2.24) is 0 Å². The van der Waals surface area contributed by atoms with Gasteiger partial charge in [0.1, 0.15) is 5.75 Å². The smallest absolute Gasteiger partial charge is 0.234 e. The highest BCUT2D eigenvalue weighted by molar-refractivity contribution is 8.00. The van der Waals surface area contributed by atoms with Gasteiger partial charge in [0.2, 0.25) is 5.91 Å². The lowest BCUT2D eigenvalue weighted by atomic mass is 10.2. The van der Waals surface area contributed by atoms with Gasteiger partial charge in [0.15, 0.2) is 0 Å². The molecule has 0 fully saturated rings. The van der Waals surface area contributed by atoms with Crippen LogP contribution in [-0.4, -0.2) is 18.8 Å². The average molecular weight is 323 g/mol. The molecule has 0 spiro atoms. The molecule has 0 bridgehead atoms. The summed E-state index contributed by atoms with van der Waals surface area (Å²) in [5.41, 5.74) is 6.91. The highest BCUT2D eigenvalue weighted by Gasteiger charge is 2.07. The van der Waals surface area contributed by atoms with Gasteiger partial charge >= 0.3 is 0 Å². The molecule has 6 heteroatoms. The molecule has 21 heavy (non-hydrogen) atoms. The number of anilines is 2. The summed E-state index contributed by atoms with van der Waals surface area (Å²) in [6.07, 6.45) is 0. The number of thioether (sulfide) groups is 1. The molecule has 0 radical (unpaired) electrons. The molecule has 0 saturated carbocycles. The molecule has 2 aromatic rings. The number of ether oxygens (including phenoxy) is 1. The van der Waals surface area contributed by atoms with Crippen molar-refractivity contribution in [2.45, 2.75) is 4.90 Å². The first-order chi connectivity index (χ1) is 10.1. The van der Waals surface area contributed by atoms with E-state index < -0.39 is 0 Å². The standard InChI is InChI=1S/C15H15ClN2O2S/c1-20-11-4-7-14(13(17)8-11)18-15(19)9-21-12-5-2-10(16)3-6-12/h2-8H,9,17H2,1H3,(H,18,19). The first-order valence-corrected chi connectivity index (χ1v) is 7.56. The summed E-state index contributed by atoms with van der Waals surface area (Å²) in [6.45, 7) is 0. The van der Waals surface area contributed by atoms with E-state index in [-0.39, 0.29) is 5.91 Å². The number of hydrogen-bond acceptors (Lipinski definition) is 4. The van der Waals surface area contributed by atoms with Crippen molar-refractivity contribution in [2.24, 2.45) is 0 Å². The summed E-state index contributed by atoms with van der Waals surface area (Å²) < 4.78 is 5.06. The lowest BCUT2D eigenvalue weighted by Gasteiger charge is -2.09. The largest absolute Gasteiger partial charge is 0.497 e. The Kier molecular flexibility index (Phi) is 5.36. The molecule has 0 aliphatic heterocycles. The minimum absolute atomic E-state index is 0.119. The molecular weight excluding hydrogens is 308 g/mol. The summed E-state index contributed by atoms with van der Waals surface area (Å²) in [5.74, 6) is 0.834. The van der Waals surface area contributed by atoms with Crippen LogP contribution in [-0.2, 0) is 4.79 Å². The Hall–Kier alpha value is -1.85. The third-order valence-electron chi connectivity index (χ3n) is 2.72. The van der Waals surface area contributed by atoms with Crippen molar-refractivity contribution in [2.75, 3.05) is 23.9 Å². The minimum Gasteiger partial charge on any atom is -0.497 e. The third kappa shape index (κ3) is 4.58. The van der Waals surface area contributed by atoms with E-state index in [0.717, 1.165) is 4.90 Å². The van der Waals surface area contributed by atoms with Crippen LogP contribution in [0.1, 0.15) is 0 Å². The SMILES string of the molecule is COc1ccc(NC(=O)CSc2ccc(Cl)cc2)c(N)c1. The Morgan fingerprint density at radius 3 is 2.62 bits per heavy atom. The van der Waals surface area contributed by atoms with Crippen LogP contribution in [0.25, 0.3) is 0 Å². The van der Waals surface area contributed by atoms with Gasteiger partial charge in [0, 0.05) is 16.0 Å². The monoisotopic (exact) mass is 322 g/mol. The van der Waals surface area contributed by atoms with Crippen molar-refractivity contribution in [3.63, 3.8) is 0 Å². The number of amides is 1. The molecule has 0 heterocycles. The van der Waals surface area contributed by atoms with Crippen LogP contribution in [0.2, 0.25) is 5.02 Å². The molecule has 4 nitrogen and oxygen atoms in total. The fourth-order valence-corrected chi connectivity index (χ4v) is 2.47. The molecule has 0 aromatic heterocycles. The zero-order valence-corrected chi connectivity index (χ0v) is 13.0. The van der Waals surface area contributed by atoms with E-state index in [1.807, 2.05) is 12.1 Å². The summed E-state index contributed by atoms with van der Waals surface area (Å²) >= 11 is 7.24. The van der Waals surface area contributed by atoms with Crippen molar-refractivity contribution >= 4 is 40.6 Å². The van der Waals surface area contributed by atoms with E-state index in [1.54, 1.807) is 37.4 Å². The molecule has 2 aromatic carbocycles. The Morgan fingerprint density at radius 1 is 1.29 bits per heavy atom.